The first-order chi connectivity index (χ1) is 14.5. The maximum atomic E-state index is 12.6. The molecule has 0 bridgehead atoms. The average molecular weight is 445 g/mol. The number of unbranched alkanes of at least 4 members (excludes halogenated alkanes) is 1. The summed E-state index contributed by atoms with van der Waals surface area (Å²) in [6.07, 6.45) is 1.93. The van der Waals surface area contributed by atoms with E-state index in [4.69, 9.17) is 17.2 Å². The predicted octanol–water partition coefficient (Wildman–Crippen LogP) is -2.08. The largest absolute Gasteiger partial charge is 0.480 e. The zero-order chi connectivity index (χ0) is 24.0. The number of primary amides is 1. The van der Waals surface area contributed by atoms with E-state index in [1.54, 1.807) is 6.92 Å². The van der Waals surface area contributed by atoms with Crippen molar-refractivity contribution in [3.8, 4) is 0 Å². The smallest absolute Gasteiger partial charge is 0.326 e. The molecule has 0 saturated heterocycles. The number of carboxylic acid groups (broad SMARTS) is 1. The monoisotopic (exact) mass is 444 g/mol. The van der Waals surface area contributed by atoms with E-state index in [0.29, 0.717) is 25.8 Å². The molecule has 0 saturated carbocycles. The van der Waals surface area contributed by atoms with Gasteiger partial charge in [0.25, 0.3) is 0 Å². The Kier molecular flexibility index (Phi) is 13.8. The first-order valence-corrected chi connectivity index (χ1v) is 10.4. The highest BCUT2D eigenvalue weighted by atomic mass is 16.4. The second-order valence-electron chi connectivity index (χ2n) is 7.44. The Bertz CT molecular complexity index is 629. The minimum Gasteiger partial charge on any atom is -0.480 e. The second kappa shape index (κ2) is 15.1. The quantitative estimate of drug-likeness (QED) is 0.131. The Hall–Kier alpha value is -2.73. The third-order valence-electron chi connectivity index (χ3n) is 4.84. The summed E-state index contributed by atoms with van der Waals surface area (Å²) in [6, 6.07) is -3.05. The van der Waals surface area contributed by atoms with Crippen LogP contribution in [0.15, 0.2) is 0 Å². The molecule has 12 nitrogen and oxygen atoms in total. The van der Waals surface area contributed by atoms with Crippen molar-refractivity contribution < 1.29 is 29.1 Å². The highest BCUT2D eigenvalue weighted by Crippen LogP contribution is 2.09. The summed E-state index contributed by atoms with van der Waals surface area (Å²) >= 11 is 0. The molecule has 4 unspecified atom stereocenters. The van der Waals surface area contributed by atoms with Gasteiger partial charge in [-0.1, -0.05) is 20.3 Å². The molecule has 0 aromatic heterocycles. The van der Waals surface area contributed by atoms with Gasteiger partial charge in [-0.25, -0.2) is 4.79 Å². The average Bonchev–Trinajstić information content (AvgIpc) is 2.72. The molecule has 0 aliphatic rings. The van der Waals surface area contributed by atoms with Crippen LogP contribution >= 0.6 is 0 Å². The Morgan fingerprint density at radius 1 is 1.00 bits per heavy atom. The van der Waals surface area contributed by atoms with Crippen LogP contribution in [0.1, 0.15) is 52.4 Å². The Morgan fingerprint density at radius 3 is 2.16 bits per heavy atom. The second-order valence-corrected chi connectivity index (χ2v) is 7.44. The number of hydrogen-bond acceptors (Lipinski definition) is 7. The Morgan fingerprint density at radius 2 is 1.65 bits per heavy atom. The number of nitrogens with one attached hydrogen (secondary N) is 3. The lowest BCUT2D eigenvalue weighted by Gasteiger charge is -2.25. The summed E-state index contributed by atoms with van der Waals surface area (Å²) in [5, 5.41) is 16.5. The molecular formula is C19H36N6O6. The van der Waals surface area contributed by atoms with Crippen LogP contribution in [-0.4, -0.2) is 65.9 Å². The summed E-state index contributed by atoms with van der Waals surface area (Å²) in [4.78, 5) is 59.0. The first-order valence-electron chi connectivity index (χ1n) is 10.4. The minimum atomic E-state index is -1.17. The van der Waals surface area contributed by atoms with Gasteiger partial charge in [-0.15, -0.1) is 0 Å². The third kappa shape index (κ3) is 11.9. The number of nitrogens with two attached hydrogens (primary N) is 3. The normalized spacial score (nSPS) is 14.6. The molecule has 0 spiro atoms. The molecular weight excluding hydrogens is 408 g/mol. The molecule has 0 aliphatic heterocycles. The fourth-order valence-corrected chi connectivity index (χ4v) is 2.66. The van der Waals surface area contributed by atoms with Crippen LogP contribution in [0.4, 0.5) is 0 Å². The molecule has 0 aliphatic carbocycles. The number of carbonyl (C=O) groups excluding carboxylic acids is 4. The van der Waals surface area contributed by atoms with Gasteiger partial charge in [0.1, 0.15) is 12.1 Å². The number of hydrogen-bond donors (Lipinski definition) is 7. The van der Waals surface area contributed by atoms with E-state index in [0.717, 1.165) is 0 Å². The number of aliphatic carboxylic acids is 1. The van der Waals surface area contributed by atoms with E-state index in [2.05, 4.69) is 16.0 Å². The van der Waals surface area contributed by atoms with Crippen molar-refractivity contribution in [3.05, 3.63) is 0 Å². The van der Waals surface area contributed by atoms with Gasteiger partial charge in [0.2, 0.25) is 23.6 Å². The molecule has 31 heavy (non-hydrogen) atoms. The summed E-state index contributed by atoms with van der Waals surface area (Å²) < 4.78 is 0. The van der Waals surface area contributed by atoms with E-state index >= 15 is 0 Å². The van der Waals surface area contributed by atoms with Gasteiger partial charge in [-0.05, 0) is 38.1 Å². The lowest BCUT2D eigenvalue weighted by molar-refractivity contribution is -0.142. The summed E-state index contributed by atoms with van der Waals surface area (Å²) in [7, 11) is 0. The van der Waals surface area contributed by atoms with Crippen molar-refractivity contribution in [2.45, 2.75) is 70.5 Å². The third-order valence-corrected chi connectivity index (χ3v) is 4.84. The first kappa shape index (κ1) is 28.3. The van der Waals surface area contributed by atoms with Crippen LogP contribution in [0.3, 0.4) is 0 Å². The fourth-order valence-electron chi connectivity index (χ4n) is 2.66. The van der Waals surface area contributed by atoms with Crippen LogP contribution in [0.2, 0.25) is 0 Å². The molecule has 0 fully saturated rings. The Balaban J connectivity index is 4.82. The van der Waals surface area contributed by atoms with Crippen molar-refractivity contribution >= 4 is 29.6 Å². The van der Waals surface area contributed by atoms with Crippen LogP contribution in [-0.2, 0) is 24.0 Å². The van der Waals surface area contributed by atoms with E-state index < -0.39 is 54.3 Å². The van der Waals surface area contributed by atoms with Crippen molar-refractivity contribution in [2.75, 3.05) is 13.1 Å². The number of carbonyl (C=O) groups is 5. The highest BCUT2D eigenvalue weighted by Gasteiger charge is 2.28. The molecule has 0 aromatic rings. The van der Waals surface area contributed by atoms with Crippen LogP contribution in [0, 0.1) is 5.92 Å². The molecule has 178 valence electrons. The van der Waals surface area contributed by atoms with Gasteiger partial charge >= 0.3 is 5.97 Å². The predicted molar refractivity (Wildman–Crippen MR) is 113 cm³/mol. The lowest BCUT2D eigenvalue weighted by atomic mass is 9.97. The molecule has 12 heteroatoms. The highest BCUT2D eigenvalue weighted by molar-refractivity contribution is 5.92. The summed E-state index contributed by atoms with van der Waals surface area (Å²) in [5.74, 6) is -3.91. The molecule has 4 amide bonds. The topological polar surface area (TPSA) is 220 Å². The standard InChI is InChI=1S/C19H36N6O6/c1-3-11(2)16(25-17(28)12(21)7-8-14(22)26)18(29)23-10-15(27)24-13(19(30)31)6-4-5-9-20/h11-13,16H,3-10,20-21H2,1-2H3,(H2,22,26)(H,23,29)(H,24,27)(H,25,28)(H,30,31). The summed E-state index contributed by atoms with van der Waals surface area (Å²) in [5.41, 5.74) is 16.2. The maximum absolute atomic E-state index is 12.6. The van der Waals surface area contributed by atoms with Gasteiger partial charge in [-0.2, -0.15) is 0 Å². The minimum absolute atomic E-state index is 0.0408. The lowest BCUT2D eigenvalue weighted by Crippen LogP contribution is -2.55. The van der Waals surface area contributed by atoms with Gasteiger partial charge in [0.15, 0.2) is 0 Å². The van der Waals surface area contributed by atoms with Gasteiger partial charge < -0.3 is 38.3 Å². The molecule has 10 N–H and O–H groups in total. The van der Waals surface area contributed by atoms with Crippen LogP contribution in [0.25, 0.3) is 0 Å². The van der Waals surface area contributed by atoms with Crippen molar-refractivity contribution in [1.82, 2.24) is 16.0 Å². The van der Waals surface area contributed by atoms with Crippen molar-refractivity contribution in [3.63, 3.8) is 0 Å². The van der Waals surface area contributed by atoms with Crippen LogP contribution in [0.5, 0.6) is 0 Å². The van der Waals surface area contributed by atoms with E-state index in [9.17, 15) is 29.1 Å². The van der Waals surface area contributed by atoms with E-state index in [1.165, 1.54) is 0 Å². The van der Waals surface area contributed by atoms with E-state index in [-0.39, 0.29) is 25.2 Å². The zero-order valence-electron chi connectivity index (χ0n) is 18.2. The van der Waals surface area contributed by atoms with Crippen molar-refractivity contribution in [2.24, 2.45) is 23.1 Å². The molecule has 0 rings (SSSR count). The molecule has 0 radical (unpaired) electrons. The van der Waals surface area contributed by atoms with Crippen molar-refractivity contribution in [1.29, 1.82) is 0 Å². The fraction of sp³-hybridized carbons (Fsp3) is 0.737. The van der Waals surface area contributed by atoms with Gasteiger partial charge in [-0.3, -0.25) is 19.2 Å². The molecule has 0 aromatic carbocycles. The van der Waals surface area contributed by atoms with Gasteiger partial charge in [0, 0.05) is 6.42 Å². The van der Waals surface area contributed by atoms with Gasteiger partial charge in [0.05, 0.1) is 12.6 Å². The SMILES string of the molecule is CCC(C)C(NC(=O)C(N)CCC(N)=O)C(=O)NCC(=O)NC(CCCCN)C(=O)O. The number of rotatable bonds is 16. The molecule has 4 atom stereocenters. The summed E-state index contributed by atoms with van der Waals surface area (Å²) in [6.45, 7) is 3.55. The Labute approximate surface area is 182 Å². The van der Waals surface area contributed by atoms with E-state index in [1.807, 2.05) is 6.92 Å². The molecule has 0 heterocycles. The maximum Gasteiger partial charge on any atom is 0.326 e. The number of carboxylic acids is 1. The zero-order valence-corrected chi connectivity index (χ0v) is 18.2. The number of amides is 4. The van der Waals surface area contributed by atoms with Crippen LogP contribution < -0.4 is 33.2 Å².